The minimum Gasteiger partial charge on any atom is -0.365 e. The van der Waals surface area contributed by atoms with Crippen molar-refractivity contribution < 1.29 is 9.72 Å². The van der Waals surface area contributed by atoms with Crippen LogP contribution in [0.2, 0.25) is 0 Å². The number of pyridine rings is 1. The molecule has 8 heteroatoms. The Hall–Kier alpha value is -2.74. The Labute approximate surface area is 178 Å². The van der Waals surface area contributed by atoms with Crippen molar-refractivity contribution in [3.05, 3.63) is 51.5 Å². The molecule has 4 fully saturated rings. The van der Waals surface area contributed by atoms with Gasteiger partial charge >= 0.3 is 5.00 Å². The van der Waals surface area contributed by atoms with Crippen LogP contribution in [-0.4, -0.2) is 21.4 Å². The Morgan fingerprint density at radius 2 is 1.83 bits per heavy atom. The average molecular weight is 425 g/mol. The molecule has 6 rings (SSSR count). The van der Waals surface area contributed by atoms with Gasteiger partial charge in [-0.05, 0) is 80.6 Å². The smallest absolute Gasteiger partial charge is 0.324 e. The van der Waals surface area contributed by atoms with Gasteiger partial charge in [0.15, 0.2) is 0 Å². The van der Waals surface area contributed by atoms with Crippen LogP contribution in [0.4, 0.5) is 16.5 Å². The Kier molecular flexibility index (Phi) is 4.81. The van der Waals surface area contributed by atoms with Gasteiger partial charge in [-0.25, -0.2) is 4.98 Å². The van der Waals surface area contributed by atoms with Crippen molar-refractivity contribution in [2.45, 2.75) is 44.1 Å². The van der Waals surface area contributed by atoms with Crippen LogP contribution in [0, 0.1) is 27.9 Å². The van der Waals surface area contributed by atoms with E-state index in [-0.39, 0.29) is 16.4 Å². The summed E-state index contributed by atoms with van der Waals surface area (Å²) in [5, 5.41) is 17.3. The van der Waals surface area contributed by atoms with Crippen molar-refractivity contribution >= 4 is 39.8 Å². The highest BCUT2D eigenvalue weighted by Crippen LogP contribution is 2.56. The number of nitrogens with zero attached hydrogens (tertiary/aromatic N) is 2. The van der Waals surface area contributed by atoms with Crippen LogP contribution in [0.15, 0.2) is 36.5 Å². The van der Waals surface area contributed by atoms with E-state index >= 15 is 0 Å². The van der Waals surface area contributed by atoms with E-state index in [4.69, 9.17) is 0 Å². The average Bonchev–Trinajstić information content (AvgIpc) is 3.16. The first-order valence-electron chi connectivity index (χ1n) is 10.4. The summed E-state index contributed by atoms with van der Waals surface area (Å²) in [7, 11) is 0. The van der Waals surface area contributed by atoms with Gasteiger partial charge in [0.2, 0.25) is 5.91 Å². The molecule has 4 aliphatic rings. The number of carbonyl (C=O) groups is 1. The van der Waals surface area contributed by atoms with Gasteiger partial charge in [0.25, 0.3) is 0 Å². The van der Waals surface area contributed by atoms with E-state index in [0.29, 0.717) is 10.6 Å². The number of hydrogen-bond acceptors (Lipinski definition) is 6. The highest BCUT2D eigenvalue weighted by Gasteiger charge is 2.51. The topological polar surface area (TPSA) is 97.2 Å². The first kappa shape index (κ1) is 19.2. The number of nitro groups is 1. The standard InChI is InChI=1S/C22H24N4O3S/c27-20(5-2-18-3-6-21(30-18)26(28)29)24-17-1-4-19(23-13-17)25-22-10-14-7-15(11-22)9-16(8-14)12-22/h1-6,13-16H,7-12H2,(H,23,25)(H,24,27)/b5-2+. The Balaban J connectivity index is 1.18. The molecule has 2 N–H and O–H groups in total. The fraction of sp³-hybridized carbons (Fsp3) is 0.455. The summed E-state index contributed by atoms with van der Waals surface area (Å²) < 4.78 is 0. The van der Waals surface area contributed by atoms with Crippen LogP contribution in [0.25, 0.3) is 6.08 Å². The lowest BCUT2D eigenvalue weighted by Gasteiger charge is -2.57. The van der Waals surface area contributed by atoms with E-state index in [1.165, 1.54) is 50.7 Å². The lowest BCUT2D eigenvalue weighted by atomic mass is 9.53. The van der Waals surface area contributed by atoms with Crippen LogP contribution >= 0.6 is 11.3 Å². The van der Waals surface area contributed by atoms with Crippen molar-refractivity contribution in [1.29, 1.82) is 0 Å². The molecule has 0 aromatic carbocycles. The largest absolute Gasteiger partial charge is 0.365 e. The third-order valence-corrected chi connectivity index (χ3v) is 7.66. The summed E-state index contributed by atoms with van der Waals surface area (Å²) in [5.74, 6) is 3.20. The van der Waals surface area contributed by atoms with Crippen molar-refractivity contribution in [2.24, 2.45) is 17.8 Å². The molecule has 2 heterocycles. The van der Waals surface area contributed by atoms with Crippen LogP contribution in [0.1, 0.15) is 43.4 Å². The summed E-state index contributed by atoms with van der Waals surface area (Å²) in [5.41, 5.74) is 0.830. The van der Waals surface area contributed by atoms with E-state index < -0.39 is 4.92 Å². The third kappa shape index (κ3) is 3.96. The fourth-order valence-electron chi connectivity index (χ4n) is 5.95. The molecule has 0 radical (unpaired) electrons. The molecule has 7 nitrogen and oxygen atoms in total. The lowest BCUT2D eigenvalue weighted by Crippen LogP contribution is -2.54. The molecule has 0 aliphatic heterocycles. The lowest BCUT2D eigenvalue weighted by molar-refractivity contribution is -0.380. The normalized spacial score (nSPS) is 29.3. The van der Waals surface area contributed by atoms with Gasteiger partial charge in [-0.3, -0.25) is 14.9 Å². The maximum absolute atomic E-state index is 12.1. The second-order valence-corrected chi connectivity index (χ2v) is 10.1. The van der Waals surface area contributed by atoms with Gasteiger partial charge < -0.3 is 10.6 Å². The predicted molar refractivity (Wildman–Crippen MR) is 117 cm³/mol. The Bertz CT molecular complexity index is 963. The number of rotatable bonds is 6. The molecule has 4 bridgehead atoms. The predicted octanol–water partition coefficient (Wildman–Crippen LogP) is 5.08. The van der Waals surface area contributed by atoms with Gasteiger partial charge in [-0.15, -0.1) is 0 Å². The highest BCUT2D eigenvalue weighted by molar-refractivity contribution is 7.16. The first-order valence-corrected chi connectivity index (χ1v) is 11.3. The Morgan fingerprint density at radius 1 is 1.13 bits per heavy atom. The molecule has 2 aromatic rings. The molecule has 156 valence electrons. The second-order valence-electron chi connectivity index (χ2n) is 9.01. The second kappa shape index (κ2) is 7.50. The monoisotopic (exact) mass is 424 g/mol. The highest BCUT2D eigenvalue weighted by atomic mass is 32.1. The van der Waals surface area contributed by atoms with Crippen LogP contribution in [0.3, 0.4) is 0 Å². The SMILES string of the molecule is O=C(/C=C/c1ccc([N+](=O)[O-])s1)Nc1ccc(NC23CC4CC(CC(C4)C2)C3)nc1. The number of nitrogens with one attached hydrogen (secondary N) is 2. The minimum atomic E-state index is -0.438. The maximum Gasteiger partial charge on any atom is 0.324 e. The van der Waals surface area contributed by atoms with E-state index in [0.717, 1.165) is 34.9 Å². The fourth-order valence-corrected chi connectivity index (χ4v) is 6.67. The molecule has 0 atom stereocenters. The van der Waals surface area contributed by atoms with E-state index in [2.05, 4.69) is 15.6 Å². The van der Waals surface area contributed by atoms with Gasteiger partial charge in [-0.2, -0.15) is 0 Å². The molecule has 1 amide bonds. The molecule has 0 spiro atoms. The molecule has 0 saturated heterocycles. The summed E-state index contributed by atoms with van der Waals surface area (Å²) >= 11 is 1.03. The number of thiophene rings is 1. The zero-order valence-corrected chi connectivity index (χ0v) is 17.4. The van der Waals surface area contributed by atoms with Crippen molar-refractivity contribution in [1.82, 2.24) is 4.98 Å². The molecule has 4 saturated carbocycles. The maximum atomic E-state index is 12.1. The summed E-state index contributed by atoms with van der Waals surface area (Å²) in [6.07, 6.45) is 12.6. The van der Waals surface area contributed by atoms with Gasteiger partial charge in [0.1, 0.15) is 5.82 Å². The van der Waals surface area contributed by atoms with Gasteiger partial charge in [-0.1, -0.05) is 11.3 Å². The number of hydrogen-bond donors (Lipinski definition) is 2. The summed E-state index contributed by atoms with van der Waals surface area (Å²) in [6.45, 7) is 0. The minimum absolute atomic E-state index is 0.0568. The zero-order chi connectivity index (χ0) is 20.7. The summed E-state index contributed by atoms with van der Waals surface area (Å²) in [4.78, 5) is 27.6. The first-order chi connectivity index (χ1) is 14.5. The Morgan fingerprint density at radius 3 is 2.40 bits per heavy atom. The molecule has 30 heavy (non-hydrogen) atoms. The molecular formula is C22H24N4O3S. The van der Waals surface area contributed by atoms with Gasteiger partial charge in [0, 0.05) is 22.6 Å². The van der Waals surface area contributed by atoms with Crippen LogP contribution < -0.4 is 10.6 Å². The van der Waals surface area contributed by atoms with Gasteiger partial charge in [0.05, 0.1) is 16.8 Å². The summed E-state index contributed by atoms with van der Waals surface area (Å²) in [6, 6.07) is 6.85. The van der Waals surface area contributed by atoms with Crippen molar-refractivity contribution in [3.8, 4) is 0 Å². The van der Waals surface area contributed by atoms with E-state index in [1.54, 1.807) is 18.3 Å². The zero-order valence-electron chi connectivity index (χ0n) is 16.5. The van der Waals surface area contributed by atoms with Crippen molar-refractivity contribution in [3.63, 3.8) is 0 Å². The number of amides is 1. The number of aromatic nitrogens is 1. The van der Waals surface area contributed by atoms with Crippen LogP contribution in [-0.2, 0) is 4.79 Å². The van der Waals surface area contributed by atoms with Crippen molar-refractivity contribution in [2.75, 3.05) is 10.6 Å². The van der Waals surface area contributed by atoms with Crippen LogP contribution in [0.5, 0.6) is 0 Å². The van der Waals surface area contributed by atoms with E-state index in [9.17, 15) is 14.9 Å². The third-order valence-electron chi connectivity index (χ3n) is 6.65. The molecule has 4 aliphatic carbocycles. The molecule has 2 aromatic heterocycles. The van der Waals surface area contributed by atoms with E-state index in [1.807, 2.05) is 12.1 Å². The number of anilines is 2. The molecule has 0 unspecified atom stereocenters. The number of carbonyl (C=O) groups excluding carboxylic acids is 1. The quantitative estimate of drug-likeness (QED) is 0.383. The molecular weight excluding hydrogens is 400 g/mol.